The number of aromatic nitrogens is 8. The minimum Gasteiger partial charge on any atom is -0.382 e. The van der Waals surface area contributed by atoms with Crippen LogP contribution in [0.2, 0.25) is 0 Å². The second kappa shape index (κ2) is 6.37. The third-order valence-electron chi connectivity index (χ3n) is 3.60. The third-order valence-corrected chi connectivity index (χ3v) is 3.60. The molecular weight excluding hydrogens is 332 g/mol. The number of nitrogen functional groups attached to an aromatic ring is 2. The van der Waals surface area contributed by atoms with Gasteiger partial charge in [0.25, 0.3) is 0 Å². The number of imidazole rings is 2. The molecule has 0 saturated carbocycles. The van der Waals surface area contributed by atoms with Crippen LogP contribution in [0.4, 0.5) is 11.6 Å². The highest BCUT2D eigenvalue weighted by molar-refractivity contribution is 5.81. The monoisotopic (exact) mass is 344 g/mol. The number of rotatable bonds is 2. The smallest absolute Gasteiger partial charge is 0.166 e. The van der Waals surface area contributed by atoms with Gasteiger partial charge in [-0.2, -0.15) is 0 Å². The van der Waals surface area contributed by atoms with E-state index in [1.807, 2.05) is 0 Å². The molecule has 0 spiro atoms. The molecule has 0 bridgehead atoms. The zero-order chi connectivity index (χ0) is 17.9. The number of anilines is 2. The number of hydrogen-bond donors (Lipinski definition) is 2. The zero-order valence-electron chi connectivity index (χ0n) is 13.5. The van der Waals surface area contributed by atoms with Gasteiger partial charge in [0.15, 0.2) is 22.9 Å². The standard InChI is InChI=1S/C16H12N10/c17-13-11-15(21-7-19-13)25(9-23-11)5-3-1-2-4-6-26-10-24-12-14(18)20-8-22-16(12)26/h7-10H,5-6H2,(H2,17,19,21)(H2,18,20,22). The highest BCUT2D eigenvalue weighted by Gasteiger charge is 2.07. The van der Waals surface area contributed by atoms with Gasteiger partial charge in [0.05, 0.1) is 25.7 Å². The Bertz CT molecular complexity index is 1130. The molecule has 0 saturated heterocycles. The second-order valence-electron chi connectivity index (χ2n) is 5.21. The van der Waals surface area contributed by atoms with E-state index in [-0.39, 0.29) is 0 Å². The lowest BCUT2D eigenvalue weighted by Crippen LogP contribution is -1.98. The van der Waals surface area contributed by atoms with Crippen molar-refractivity contribution in [2.45, 2.75) is 13.1 Å². The Labute approximate surface area is 147 Å². The van der Waals surface area contributed by atoms with Crippen LogP contribution in [0, 0.1) is 23.7 Å². The molecule has 0 atom stereocenters. The van der Waals surface area contributed by atoms with Crippen LogP contribution in [0.25, 0.3) is 22.3 Å². The van der Waals surface area contributed by atoms with Crippen molar-refractivity contribution < 1.29 is 0 Å². The maximum Gasteiger partial charge on any atom is 0.166 e. The van der Waals surface area contributed by atoms with E-state index in [2.05, 4.69) is 53.6 Å². The first kappa shape index (κ1) is 15.4. The highest BCUT2D eigenvalue weighted by atomic mass is 15.1. The summed E-state index contributed by atoms with van der Waals surface area (Å²) in [5.41, 5.74) is 13.9. The SMILES string of the molecule is Nc1ncnc2c1ncn2CC#CC#CCn1cnc2c(N)ncnc21. The van der Waals surface area contributed by atoms with Crippen molar-refractivity contribution in [1.82, 2.24) is 39.0 Å². The zero-order valence-corrected chi connectivity index (χ0v) is 13.5. The molecule has 4 heterocycles. The van der Waals surface area contributed by atoms with Crippen LogP contribution < -0.4 is 11.5 Å². The maximum atomic E-state index is 5.75. The van der Waals surface area contributed by atoms with Gasteiger partial charge in [-0.1, -0.05) is 11.8 Å². The molecule has 0 aliphatic carbocycles. The fraction of sp³-hybridized carbons (Fsp3) is 0.125. The molecule has 4 aromatic rings. The summed E-state index contributed by atoms with van der Waals surface area (Å²) in [6.07, 6.45) is 6.04. The van der Waals surface area contributed by atoms with Gasteiger partial charge >= 0.3 is 0 Å². The molecule has 0 aromatic carbocycles. The molecule has 10 nitrogen and oxygen atoms in total. The lowest BCUT2D eigenvalue weighted by Gasteiger charge is -1.97. The lowest BCUT2D eigenvalue weighted by atomic mass is 10.4. The fourth-order valence-corrected chi connectivity index (χ4v) is 2.37. The van der Waals surface area contributed by atoms with Crippen molar-refractivity contribution in [3.05, 3.63) is 25.3 Å². The van der Waals surface area contributed by atoms with Gasteiger partial charge < -0.3 is 20.6 Å². The summed E-state index contributed by atoms with van der Waals surface area (Å²) in [6, 6.07) is 0. The summed E-state index contributed by atoms with van der Waals surface area (Å²) in [7, 11) is 0. The van der Waals surface area contributed by atoms with Crippen molar-refractivity contribution in [1.29, 1.82) is 0 Å². The van der Waals surface area contributed by atoms with Crippen LogP contribution in [0.5, 0.6) is 0 Å². The van der Waals surface area contributed by atoms with Crippen molar-refractivity contribution in [2.75, 3.05) is 11.5 Å². The van der Waals surface area contributed by atoms with Gasteiger partial charge in [-0.3, -0.25) is 0 Å². The summed E-state index contributed by atoms with van der Waals surface area (Å²) < 4.78 is 3.57. The first-order valence-corrected chi connectivity index (χ1v) is 7.52. The van der Waals surface area contributed by atoms with Gasteiger partial charge in [0.2, 0.25) is 0 Å². The minimum absolute atomic E-state index is 0.346. The van der Waals surface area contributed by atoms with E-state index in [0.29, 0.717) is 47.1 Å². The van der Waals surface area contributed by atoms with Gasteiger partial charge in [0, 0.05) is 0 Å². The first-order valence-electron chi connectivity index (χ1n) is 7.52. The number of fused-ring (bicyclic) bond motifs is 2. The average molecular weight is 344 g/mol. The van der Waals surface area contributed by atoms with Gasteiger partial charge in [-0.15, -0.1) is 0 Å². The van der Waals surface area contributed by atoms with E-state index in [1.54, 1.807) is 21.8 Å². The minimum atomic E-state index is 0.346. The predicted molar refractivity (Wildman–Crippen MR) is 95.0 cm³/mol. The summed E-state index contributed by atoms with van der Waals surface area (Å²) in [4.78, 5) is 24.5. The Balaban J connectivity index is 1.45. The van der Waals surface area contributed by atoms with E-state index in [1.165, 1.54) is 12.7 Å². The Morgan fingerprint density at radius 2 is 1.15 bits per heavy atom. The molecule has 0 fully saturated rings. The first-order chi connectivity index (χ1) is 12.7. The molecule has 26 heavy (non-hydrogen) atoms. The van der Waals surface area contributed by atoms with Crippen LogP contribution in [-0.4, -0.2) is 39.0 Å². The van der Waals surface area contributed by atoms with Gasteiger partial charge in [0.1, 0.15) is 23.7 Å². The van der Waals surface area contributed by atoms with Crippen molar-refractivity contribution in [3.8, 4) is 23.7 Å². The van der Waals surface area contributed by atoms with Crippen molar-refractivity contribution in [2.24, 2.45) is 0 Å². The van der Waals surface area contributed by atoms with Gasteiger partial charge in [-0.25, -0.2) is 29.9 Å². The fourth-order valence-electron chi connectivity index (χ4n) is 2.37. The van der Waals surface area contributed by atoms with Crippen LogP contribution in [0.15, 0.2) is 25.3 Å². The summed E-state index contributed by atoms with van der Waals surface area (Å²) in [6.45, 7) is 0.804. The van der Waals surface area contributed by atoms with E-state index < -0.39 is 0 Å². The van der Waals surface area contributed by atoms with Crippen molar-refractivity contribution >= 4 is 34.0 Å². The molecule has 0 amide bonds. The molecule has 0 aliphatic rings. The van der Waals surface area contributed by atoms with E-state index in [9.17, 15) is 0 Å². The predicted octanol–water partition coefficient (Wildman–Crippen LogP) is -0.163. The number of hydrogen-bond acceptors (Lipinski definition) is 8. The molecule has 0 aliphatic heterocycles. The molecular formula is C16H12N10. The summed E-state index contributed by atoms with van der Waals surface area (Å²) >= 11 is 0. The third kappa shape index (κ3) is 2.72. The van der Waals surface area contributed by atoms with E-state index in [4.69, 9.17) is 11.5 Å². The lowest BCUT2D eigenvalue weighted by molar-refractivity contribution is 0.855. The topological polar surface area (TPSA) is 139 Å². The largest absolute Gasteiger partial charge is 0.382 e. The van der Waals surface area contributed by atoms with E-state index >= 15 is 0 Å². The molecule has 4 N–H and O–H groups in total. The number of nitrogens with zero attached hydrogens (tertiary/aromatic N) is 8. The molecule has 4 rings (SSSR count). The van der Waals surface area contributed by atoms with Crippen LogP contribution in [0.3, 0.4) is 0 Å². The second-order valence-corrected chi connectivity index (χ2v) is 5.21. The Morgan fingerprint density at radius 3 is 1.62 bits per heavy atom. The van der Waals surface area contributed by atoms with Crippen LogP contribution >= 0.6 is 0 Å². The Kier molecular flexibility index (Phi) is 3.76. The van der Waals surface area contributed by atoms with Gasteiger partial charge in [-0.05, 0) is 11.8 Å². The Morgan fingerprint density at radius 1 is 0.692 bits per heavy atom. The summed E-state index contributed by atoms with van der Waals surface area (Å²) in [5, 5.41) is 0. The molecule has 126 valence electrons. The number of nitrogens with two attached hydrogens (primary N) is 2. The van der Waals surface area contributed by atoms with E-state index in [0.717, 1.165) is 0 Å². The molecule has 0 unspecified atom stereocenters. The maximum absolute atomic E-state index is 5.75. The van der Waals surface area contributed by atoms with Crippen molar-refractivity contribution in [3.63, 3.8) is 0 Å². The summed E-state index contributed by atoms with van der Waals surface area (Å²) in [5.74, 6) is 12.2. The van der Waals surface area contributed by atoms with Crippen LogP contribution in [-0.2, 0) is 13.1 Å². The average Bonchev–Trinajstić information content (AvgIpc) is 3.24. The highest BCUT2D eigenvalue weighted by Crippen LogP contribution is 2.14. The Hall–Kier alpha value is -4.18. The quantitative estimate of drug-likeness (QED) is 0.478. The normalized spacial score (nSPS) is 10.3. The van der Waals surface area contributed by atoms with Crippen LogP contribution in [0.1, 0.15) is 0 Å². The molecule has 4 aromatic heterocycles. The molecule has 0 radical (unpaired) electrons. The molecule has 10 heteroatoms.